The van der Waals surface area contributed by atoms with E-state index in [2.05, 4.69) is 10.4 Å². The first-order chi connectivity index (χ1) is 6.90. The summed E-state index contributed by atoms with van der Waals surface area (Å²) in [6, 6.07) is 0. The first-order valence-electron chi connectivity index (χ1n) is 5.33. The van der Waals surface area contributed by atoms with E-state index in [4.69, 9.17) is 4.74 Å². The summed E-state index contributed by atoms with van der Waals surface area (Å²) in [5, 5.41) is 3.33. The maximum absolute atomic E-state index is 5.08. The second-order valence-electron chi connectivity index (χ2n) is 3.93. The number of ether oxygens (including phenoxy) is 1. The summed E-state index contributed by atoms with van der Waals surface area (Å²) in [5.74, 6) is 0.727. The zero-order valence-corrected chi connectivity index (χ0v) is 9.48. The fourth-order valence-electron chi connectivity index (χ4n) is 2.10. The highest BCUT2D eigenvalue weighted by Crippen LogP contribution is 2.32. The third kappa shape index (κ3) is 2.34. The maximum atomic E-state index is 5.08. The summed E-state index contributed by atoms with van der Waals surface area (Å²) in [4.78, 5) is 4.62. The molecule has 1 aromatic heterocycles. The van der Waals surface area contributed by atoms with Gasteiger partial charge in [0, 0.05) is 18.4 Å². The van der Waals surface area contributed by atoms with Gasteiger partial charge in [0.25, 0.3) is 0 Å². The van der Waals surface area contributed by atoms with Gasteiger partial charge in [-0.05, 0) is 12.8 Å². The van der Waals surface area contributed by atoms with Crippen molar-refractivity contribution in [2.24, 2.45) is 0 Å². The normalized spacial score (nSPS) is 18.6. The Morgan fingerprint density at radius 3 is 2.93 bits per heavy atom. The van der Waals surface area contributed by atoms with Crippen LogP contribution in [-0.2, 0) is 11.3 Å². The fourth-order valence-corrected chi connectivity index (χ4v) is 2.95. The van der Waals surface area contributed by atoms with Crippen LogP contribution in [0.4, 0.5) is 0 Å². The number of thiazole rings is 1. The fraction of sp³-hybridized carbons (Fsp3) is 0.727. The van der Waals surface area contributed by atoms with E-state index in [1.807, 2.05) is 0 Å². The summed E-state index contributed by atoms with van der Waals surface area (Å²) >= 11 is 1.73. The molecule has 78 valence electrons. The second-order valence-corrected chi connectivity index (χ2v) is 4.88. The van der Waals surface area contributed by atoms with Crippen LogP contribution in [0.25, 0.3) is 0 Å². The van der Waals surface area contributed by atoms with Crippen molar-refractivity contribution in [3.8, 4) is 0 Å². The topological polar surface area (TPSA) is 22.1 Å². The van der Waals surface area contributed by atoms with Crippen molar-refractivity contribution < 1.29 is 4.74 Å². The third-order valence-corrected chi connectivity index (χ3v) is 3.70. The lowest BCUT2D eigenvalue weighted by atomic mass is 9.87. The largest absolute Gasteiger partial charge is 0.378 e. The Kier molecular flexibility index (Phi) is 3.54. The zero-order chi connectivity index (χ0) is 9.80. The number of aromatic nitrogens is 1. The summed E-state index contributed by atoms with van der Waals surface area (Å²) < 4.78 is 5.08. The highest BCUT2D eigenvalue weighted by molar-refractivity contribution is 7.09. The highest BCUT2D eigenvalue weighted by atomic mass is 32.1. The molecule has 0 saturated heterocycles. The number of nitrogens with zero attached hydrogens (tertiary/aromatic N) is 1. The molecule has 0 radical (unpaired) electrons. The van der Waals surface area contributed by atoms with Gasteiger partial charge in [0.15, 0.2) is 0 Å². The smallest absolute Gasteiger partial charge is 0.119 e. The molecule has 1 aliphatic rings. The molecule has 2 nitrogen and oxygen atoms in total. The number of rotatable bonds is 3. The SMILES string of the molecule is COCc1nc(C2CCCCC2)cs1. The first-order valence-corrected chi connectivity index (χ1v) is 6.21. The van der Waals surface area contributed by atoms with Gasteiger partial charge in [-0.25, -0.2) is 4.98 Å². The van der Waals surface area contributed by atoms with Gasteiger partial charge in [-0.1, -0.05) is 19.3 Å². The van der Waals surface area contributed by atoms with Crippen LogP contribution in [0, 0.1) is 0 Å². The zero-order valence-electron chi connectivity index (χ0n) is 8.66. The number of hydrogen-bond donors (Lipinski definition) is 0. The van der Waals surface area contributed by atoms with E-state index in [0.29, 0.717) is 6.61 Å². The molecule has 0 N–H and O–H groups in total. The number of methoxy groups -OCH3 is 1. The van der Waals surface area contributed by atoms with E-state index in [1.165, 1.54) is 37.8 Å². The predicted molar refractivity (Wildman–Crippen MR) is 58.7 cm³/mol. The molecule has 0 atom stereocenters. The van der Waals surface area contributed by atoms with E-state index >= 15 is 0 Å². The van der Waals surface area contributed by atoms with Crippen LogP contribution < -0.4 is 0 Å². The van der Waals surface area contributed by atoms with Crippen LogP contribution in [0.15, 0.2) is 5.38 Å². The van der Waals surface area contributed by atoms with Crippen LogP contribution in [0.2, 0.25) is 0 Å². The minimum Gasteiger partial charge on any atom is -0.378 e. The predicted octanol–water partition coefficient (Wildman–Crippen LogP) is 3.34. The van der Waals surface area contributed by atoms with E-state index in [1.54, 1.807) is 18.4 Å². The van der Waals surface area contributed by atoms with E-state index < -0.39 is 0 Å². The highest BCUT2D eigenvalue weighted by Gasteiger charge is 2.17. The molecule has 0 amide bonds. The minimum atomic E-state index is 0.664. The van der Waals surface area contributed by atoms with Crippen LogP contribution in [0.5, 0.6) is 0 Å². The average molecular weight is 211 g/mol. The molecular formula is C11H17NOS. The lowest BCUT2D eigenvalue weighted by Crippen LogP contribution is -2.04. The van der Waals surface area contributed by atoms with Crippen LogP contribution >= 0.6 is 11.3 Å². The van der Waals surface area contributed by atoms with Crippen molar-refractivity contribution in [3.63, 3.8) is 0 Å². The monoisotopic (exact) mass is 211 g/mol. The summed E-state index contributed by atoms with van der Waals surface area (Å²) in [7, 11) is 1.72. The van der Waals surface area contributed by atoms with Crippen LogP contribution in [0.1, 0.15) is 48.7 Å². The van der Waals surface area contributed by atoms with Crippen molar-refractivity contribution in [2.75, 3.05) is 7.11 Å². The first kappa shape index (κ1) is 10.1. The molecule has 1 saturated carbocycles. The molecule has 0 aromatic carbocycles. The minimum absolute atomic E-state index is 0.664. The molecule has 3 heteroatoms. The van der Waals surface area contributed by atoms with Crippen molar-refractivity contribution in [1.29, 1.82) is 0 Å². The Morgan fingerprint density at radius 1 is 1.43 bits per heavy atom. The second kappa shape index (κ2) is 4.89. The van der Waals surface area contributed by atoms with E-state index in [-0.39, 0.29) is 0 Å². The summed E-state index contributed by atoms with van der Waals surface area (Å²) in [6.45, 7) is 0.664. The Bertz CT molecular complexity index is 279. The number of hydrogen-bond acceptors (Lipinski definition) is 3. The molecule has 14 heavy (non-hydrogen) atoms. The van der Waals surface area contributed by atoms with Crippen molar-refractivity contribution in [1.82, 2.24) is 4.98 Å². The lowest BCUT2D eigenvalue weighted by Gasteiger charge is -2.19. The van der Waals surface area contributed by atoms with Gasteiger partial charge >= 0.3 is 0 Å². The van der Waals surface area contributed by atoms with Gasteiger partial charge in [-0.3, -0.25) is 0 Å². The Labute approximate surface area is 89.3 Å². The molecule has 1 heterocycles. The Balaban J connectivity index is 2.00. The molecule has 0 aliphatic heterocycles. The van der Waals surface area contributed by atoms with Gasteiger partial charge in [0.1, 0.15) is 5.01 Å². The molecule has 1 fully saturated rings. The standard InChI is InChI=1S/C11H17NOS/c1-13-7-11-12-10(8-14-11)9-5-3-2-4-6-9/h8-9H,2-7H2,1H3. The third-order valence-electron chi connectivity index (χ3n) is 2.86. The molecule has 2 rings (SSSR count). The van der Waals surface area contributed by atoms with Gasteiger partial charge in [-0.15, -0.1) is 11.3 Å². The molecule has 0 spiro atoms. The van der Waals surface area contributed by atoms with Crippen LogP contribution in [0.3, 0.4) is 0 Å². The van der Waals surface area contributed by atoms with Gasteiger partial charge in [0.2, 0.25) is 0 Å². The van der Waals surface area contributed by atoms with Crippen molar-refractivity contribution in [2.45, 2.75) is 44.6 Å². The van der Waals surface area contributed by atoms with E-state index in [0.717, 1.165) is 10.9 Å². The summed E-state index contributed by atoms with van der Waals surface area (Å²) in [6.07, 6.45) is 6.82. The van der Waals surface area contributed by atoms with E-state index in [9.17, 15) is 0 Å². The molecular weight excluding hydrogens is 194 g/mol. The maximum Gasteiger partial charge on any atom is 0.119 e. The Morgan fingerprint density at radius 2 is 2.21 bits per heavy atom. The van der Waals surface area contributed by atoms with Crippen LogP contribution in [-0.4, -0.2) is 12.1 Å². The molecule has 0 bridgehead atoms. The van der Waals surface area contributed by atoms with Gasteiger partial charge in [-0.2, -0.15) is 0 Å². The van der Waals surface area contributed by atoms with Gasteiger partial charge < -0.3 is 4.74 Å². The Hall–Kier alpha value is -0.410. The average Bonchev–Trinajstić information content (AvgIpc) is 2.68. The van der Waals surface area contributed by atoms with Crippen molar-refractivity contribution in [3.05, 3.63) is 16.1 Å². The van der Waals surface area contributed by atoms with Crippen molar-refractivity contribution >= 4 is 11.3 Å². The lowest BCUT2D eigenvalue weighted by molar-refractivity contribution is 0.184. The van der Waals surface area contributed by atoms with Gasteiger partial charge in [0.05, 0.1) is 12.3 Å². The quantitative estimate of drug-likeness (QED) is 0.765. The molecule has 1 aromatic rings. The molecule has 0 unspecified atom stereocenters. The summed E-state index contributed by atoms with van der Waals surface area (Å²) in [5.41, 5.74) is 1.31. The molecule has 1 aliphatic carbocycles.